The van der Waals surface area contributed by atoms with Gasteiger partial charge < -0.3 is 10.1 Å². The van der Waals surface area contributed by atoms with E-state index in [1.165, 1.54) is 0 Å². The molecule has 25 heavy (non-hydrogen) atoms. The Morgan fingerprint density at radius 1 is 1.08 bits per heavy atom. The van der Waals surface area contributed by atoms with Crippen LogP contribution in [0.3, 0.4) is 0 Å². The van der Waals surface area contributed by atoms with Crippen LogP contribution in [0.5, 0.6) is 0 Å². The summed E-state index contributed by atoms with van der Waals surface area (Å²) in [6, 6.07) is 11.7. The van der Waals surface area contributed by atoms with Crippen molar-refractivity contribution in [1.29, 1.82) is 0 Å². The number of nitrogens with one attached hydrogen (secondary N) is 2. The first-order chi connectivity index (χ1) is 12.1. The second-order valence-electron chi connectivity index (χ2n) is 5.73. The van der Waals surface area contributed by atoms with Crippen molar-refractivity contribution >= 4 is 21.5 Å². The van der Waals surface area contributed by atoms with E-state index in [1.807, 2.05) is 6.07 Å². The minimum Gasteiger partial charge on any atom is -0.383 e. The highest BCUT2D eigenvalue weighted by atomic mass is 32.2. The number of nitrogens with zero attached hydrogens (tertiary/aromatic N) is 2. The molecular weight excluding hydrogens is 340 g/mol. The Morgan fingerprint density at radius 3 is 2.52 bits per heavy atom. The van der Waals surface area contributed by atoms with Gasteiger partial charge in [0.1, 0.15) is 5.82 Å². The highest BCUT2D eigenvalue weighted by Gasteiger charge is 2.14. The summed E-state index contributed by atoms with van der Waals surface area (Å²) in [6.07, 6.45) is 1.63. The molecule has 1 saturated heterocycles. The molecule has 0 spiro atoms. The van der Waals surface area contributed by atoms with Gasteiger partial charge in [-0.2, -0.15) is 0 Å². The van der Waals surface area contributed by atoms with Gasteiger partial charge in [0.2, 0.25) is 0 Å². The molecular formula is C17H22N4O3S. The summed E-state index contributed by atoms with van der Waals surface area (Å²) in [5.74, 6) is 0.294. The average Bonchev–Trinajstić information content (AvgIpc) is 2.65. The topological polar surface area (TPSA) is 83.6 Å². The summed E-state index contributed by atoms with van der Waals surface area (Å²) >= 11 is 0. The number of hydrogen-bond donors (Lipinski definition) is 2. The Morgan fingerprint density at radius 2 is 1.84 bits per heavy atom. The number of rotatable bonds is 7. The van der Waals surface area contributed by atoms with Crippen LogP contribution < -0.4 is 10.0 Å². The normalized spacial score (nSPS) is 15.7. The molecule has 0 bridgehead atoms. The van der Waals surface area contributed by atoms with E-state index in [0.29, 0.717) is 5.82 Å². The van der Waals surface area contributed by atoms with Crippen molar-refractivity contribution in [3.63, 3.8) is 0 Å². The third-order valence-electron chi connectivity index (χ3n) is 3.92. The Hall–Kier alpha value is -2.16. The average molecular weight is 362 g/mol. The molecule has 0 saturated carbocycles. The number of sulfonamides is 1. The predicted molar refractivity (Wildman–Crippen MR) is 97.2 cm³/mol. The third kappa shape index (κ3) is 5.15. The van der Waals surface area contributed by atoms with Gasteiger partial charge in [-0.1, -0.05) is 18.2 Å². The molecule has 8 heteroatoms. The first-order valence-electron chi connectivity index (χ1n) is 8.21. The highest BCUT2D eigenvalue weighted by molar-refractivity contribution is 7.92. The van der Waals surface area contributed by atoms with Crippen LogP contribution in [0.25, 0.3) is 0 Å². The number of hydrogen-bond acceptors (Lipinski definition) is 6. The Balaban J connectivity index is 1.51. The van der Waals surface area contributed by atoms with Crippen LogP contribution in [0.4, 0.5) is 11.5 Å². The van der Waals surface area contributed by atoms with E-state index in [2.05, 4.69) is 19.9 Å². The predicted octanol–water partition coefficient (Wildman–Crippen LogP) is 1.63. The number of morpholine rings is 1. The summed E-state index contributed by atoms with van der Waals surface area (Å²) in [5.41, 5.74) is 0.857. The third-order valence-corrected chi connectivity index (χ3v) is 5.29. The minimum atomic E-state index is -3.61. The lowest BCUT2D eigenvalue weighted by Crippen LogP contribution is -2.39. The summed E-state index contributed by atoms with van der Waals surface area (Å²) in [5, 5.41) is 3.29. The van der Waals surface area contributed by atoms with E-state index >= 15 is 0 Å². The molecule has 1 aromatic heterocycles. The molecule has 0 aliphatic carbocycles. The molecule has 1 aromatic carbocycles. The van der Waals surface area contributed by atoms with Crippen molar-refractivity contribution in [3.8, 4) is 0 Å². The lowest BCUT2D eigenvalue weighted by molar-refractivity contribution is 0.0398. The summed E-state index contributed by atoms with van der Waals surface area (Å²) < 4.78 is 32.3. The molecule has 1 fully saturated rings. The largest absolute Gasteiger partial charge is 0.383 e. The monoisotopic (exact) mass is 362 g/mol. The molecule has 7 nitrogen and oxygen atoms in total. The van der Waals surface area contributed by atoms with Crippen molar-refractivity contribution in [1.82, 2.24) is 9.88 Å². The first kappa shape index (κ1) is 17.7. The quantitative estimate of drug-likeness (QED) is 0.779. The van der Waals surface area contributed by atoms with Gasteiger partial charge in [0.05, 0.1) is 30.0 Å². The second kappa shape index (κ2) is 8.28. The molecule has 0 amide bonds. The summed E-state index contributed by atoms with van der Waals surface area (Å²) in [7, 11) is -3.61. The van der Waals surface area contributed by atoms with Crippen LogP contribution >= 0.6 is 0 Å². The zero-order chi connectivity index (χ0) is 17.5. The molecule has 0 unspecified atom stereocenters. The maximum atomic E-state index is 12.3. The SMILES string of the molecule is O=S(=O)(Nc1ccc(NCCN2CCOCC2)cn1)c1ccccc1. The van der Waals surface area contributed by atoms with Crippen LogP contribution in [0, 0.1) is 0 Å². The van der Waals surface area contributed by atoms with E-state index in [0.717, 1.165) is 45.1 Å². The molecule has 3 rings (SSSR count). The zero-order valence-electron chi connectivity index (χ0n) is 13.9. The van der Waals surface area contributed by atoms with E-state index in [1.54, 1.807) is 42.6 Å². The number of pyridine rings is 1. The van der Waals surface area contributed by atoms with Gasteiger partial charge in [-0.25, -0.2) is 13.4 Å². The van der Waals surface area contributed by atoms with Crippen molar-refractivity contribution in [2.24, 2.45) is 0 Å². The van der Waals surface area contributed by atoms with Crippen LogP contribution in [0.1, 0.15) is 0 Å². The van der Waals surface area contributed by atoms with Gasteiger partial charge in [-0.3, -0.25) is 9.62 Å². The van der Waals surface area contributed by atoms with Gasteiger partial charge in [0.15, 0.2) is 0 Å². The lowest BCUT2D eigenvalue weighted by atomic mass is 10.3. The van der Waals surface area contributed by atoms with E-state index < -0.39 is 10.0 Å². The molecule has 134 valence electrons. The standard InChI is InChI=1S/C17H22N4O3S/c22-25(23,16-4-2-1-3-5-16)20-17-7-6-15(14-19-17)18-8-9-21-10-12-24-13-11-21/h1-7,14,18H,8-13H2,(H,19,20). The minimum absolute atomic E-state index is 0.213. The van der Waals surface area contributed by atoms with Crippen molar-refractivity contribution in [3.05, 3.63) is 48.7 Å². The zero-order valence-corrected chi connectivity index (χ0v) is 14.7. The molecule has 2 heterocycles. The Labute approximate surface area is 148 Å². The maximum absolute atomic E-state index is 12.3. The van der Waals surface area contributed by atoms with Crippen LogP contribution in [0.2, 0.25) is 0 Å². The second-order valence-corrected chi connectivity index (χ2v) is 7.41. The van der Waals surface area contributed by atoms with Gasteiger partial charge in [0, 0.05) is 26.2 Å². The molecule has 2 N–H and O–H groups in total. The highest BCUT2D eigenvalue weighted by Crippen LogP contribution is 2.15. The molecule has 1 aliphatic rings. The lowest BCUT2D eigenvalue weighted by Gasteiger charge is -2.26. The van der Waals surface area contributed by atoms with Gasteiger partial charge in [-0.05, 0) is 24.3 Å². The fraction of sp³-hybridized carbons (Fsp3) is 0.353. The van der Waals surface area contributed by atoms with Crippen LogP contribution in [0.15, 0.2) is 53.6 Å². The van der Waals surface area contributed by atoms with Gasteiger partial charge in [-0.15, -0.1) is 0 Å². The van der Waals surface area contributed by atoms with Gasteiger partial charge in [0.25, 0.3) is 10.0 Å². The maximum Gasteiger partial charge on any atom is 0.263 e. The van der Waals surface area contributed by atoms with Crippen LogP contribution in [-0.2, 0) is 14.8 Å². The van der Waals surface area contributed by atoms with Crippen LogP contribution in [-0.4, -0.2) is 57.7 Å². The first-order valence-corrected chi connectivity index (χ1v) is 9.70. The molecule has 0 atom stereocenters. The number of ether oxygens (including phenoxy) is 1. The number of aromatic nitrogens is 1. The molecule has 0 radical (unpaired) electrons. The van der Waals surface area contributed by atoms with Crippen molar-refractivity contribution < 1.29 is 13.2 Å². The van der Waals surface area contributed by atoms with Gasteiger partial charge >= 0.3 is 0 Å². The van der Waals surface area contributed by atoms with Crippen molar-refractivity contribution in [2.45, 2.75) is 4.90 Å². The van der Waals surface area contributed by atoms with E-state index in [4.69, 9.17) is 4.74 Å². The summed E-state index contributed by atoms with van der Waals surface area (Å²) in [4.78, 5) is 6.72. The molecule has 1 aliphatic heterocycles. The summed E-state index contributed by atoms with van der Waals surface area (Å²) in [6.45, 7) is 5.23. The Bertz CT molecular complexity index is 760. The fourth-order valence-electron chi connectivity index (χ4n) is 2.54. The van der Waals surface area contributed by atoms with E-state index in [-0.39, 0.29) is 4.90 Å². The fourth-order valence-corrected chi connectivity index (χ4v) is 3.57. The smallest absolute Gasteiger partial charge is 0.263 e. The number of anilines is 2. The number of benzene rings is 1. The molecule has 2 aromatic rings. The van der Waals surface area contributed by atoms with Crippen molar-refractivity contribution in [2.75, 3.05) is 49.4 Å². The van der Waals surface area contributed by atoms with E-state index in [9.17, 15) is 8.42 Å². The Kier molecular flexibility index (Phi) is 5.85.